The molecule has 0 spiro atoms. The van der Waals surface area contributed by atoms with Crippen molar-refractivity contribution < 1.29 is 14.7 Å². The molecule has 0 radical (unpaired) electrons. The van der Waals surface area contributed by atoms with Gasteiger partial charge in [-0.05, 0) is 0 Å². The van der Waals surface area contributed by atoms with E-state index in [4.69, 9.17) is 5.11 Å². The number of amides is 2. The molecule has 0 bridgehead atoms. The first-order chi connectivity index (χ1) is 6.94. The van der Waals surface area contributed by atoms with Crippen molar-refractivity contribution >= 4 is 22.9 Å². The Kier molecular flexibility index (Phi) is 3.98. The molecule has 1 aliphatic rings. The third-order valence-corrected chi connectivity index (χ3v) is 3.04. The highest BCUT2D eigenvalue weighted by Crippen LogP contribution is 2.14. The van der Waals surface area contributed by atoms with Gasteiger partial charge < -0.3 is 15.7 Å². The second-order valence-corrected chi connectivity index (χ2v) is 5.33. The number of nitrogens with one attached hydrogen (secondary N) is 2. The lowest BCUT2D eigenvalue weighted by atomic mass is 9.95. The van der Waals surface area contributed by atoms with Gasteiger partial charge >= 0.3 is 0 Å². The molecule has 0 aromatic heterocycles. The van der Waals surface area contributed by atoms with Crippen molar-refractivity contribution in [1.82, 2.24) is 10.6 Å². The molecule has 1 heterocycles. The fourth-order valence-electron chi connectivity index (χ4n) is 1.03. The van der Waals surface area contributed by atoms with E-state index < -0.39 is 6.04 Å². The van der Waals surface area contributed by atoms with Crippen LogP contribution in [0.1, 0.15) is 13.8 Å². The molecule has 0 saturated carbocycles. The SMILES string of the molecule is CC(C)(CO)CNC(=O)C1CSC(=O)N1. The third kappa shape index (κ3) is 3.71. The largest absolute Gasteiger partial charge is 0.396 e. The van der Waals surface area contributed by atoms with Crippen LogP contribution in [0.2, 0.25) is 0 Å². The number of aliphatic hydroxyl groups is 1. The minimum absolute atomic E-state index is 0.0130. The van der Waals surface area contributed by atoms with Crippen LogP contribution in [-0.4, -0.2) is 41.2 Å². The number of hydrogen-bond acceptors (Lipinski definition) is 4. The highest BCUT2D eigenvalue weighted by atomic mass is 32.2. The van der Waals surface area contributed by atoms with Gasteiger partial charge in [-0.15, -0.1) is 0 Å². The number of carbonyl (C=O) groups is 2. The molecule has 6 heteroatoms. The predicted molar refractivity (Wildman–Crippen MR) is 58.7 cm³/mol. The average Bonchev–Trinajstić information content (AvgIpc) is 2.61. The van der Waals surface area contributed by atoms with Gasteiger partial charge in [-0.1, -0.05) is 25.6 Å². The van der Waals surface area contributed by atoms with Gasteiger partial charge in [0.05, 0.1) is 0 Å². The Labute approximate surface area is 93.0 Å². The zero-order chi connectivity index (χ0) is 11.5. The minimum atomic E-state index is -0.433. The molecule has 2 amide bonds. The van der Waals surface area contributed by atoms with Gasteiger partial charge in [0, 0.05) is 24.3 Å². The molecule has 1 atom stereocenters. The zero-order valence-electron chi connectivity index (χ0n) is 8.87. The molecular weight excluding hydrogens is 216 g/mol. The summed E-state index contributed by atoms with van der Waals surface area (Å²) < 4.78 is 0. The van der Waals surface area contributed by atoms with Crippen LogP contribution in [0.4, 0.5) is 4.79 Å². The summed E-state index contributed by atoms with van der Waals surface area (Å²) in [6, 6.07) is -0.433. The lowest BCUT2D eigenvalue weighted by Crippen LogP contribution is -2.46. The Hall–Kier alpha value is -0.750. The smallest absolute Gasteiger partial charge is 0.279 e. The number of aliphatic hydroxyl groups excluding tert-OH is 1. The Bertz CT molecular complexity index is 268. The maximum Gasteiger partial charge on any atom is 0.279 e. The maximum atomic E-state index is 11.5. The van der Waals surface area contributed by atoms with Crippen molar-refractivity contribution in [2.24, 2.45) is 5.41 Å². The van der Waals surface area contributed by atoms with Crippen molar-refractivity contribution in [2.45, 2.75) is 19.9 Å². The molecule has 3 N–H and O–H groups in total. The van der Waals surface area contributed by atoms with E-state index in [0.29, 0.717) is 12.3 Å². The summed E-state index contributed by atoms with van der Waals surface area (Å²) in [5, 5.41) is 14.1. The van der Waals surface area contributed by atoms with E-state index in [1.54, 1.807) is 0 Å². The van der Waals surface area contributed by atoms with Crippen molar-refractivity contribution in [2.75, 3.05) is 18.9 Å². The molecule has 1 fully saturated rings. The summed E-state index contributed by atoms with van der Waals surface area (Å²) in [5.74, 6) is 0.291. The molecule has 0 aromatic rings. The summed E-state index contributed by atoms with van der Waals surface area (Å²) in [5.41, 5.74) is -0.328. The van der Waals surface area contributed by atoms with E-state index in [1.165, 1.54) is 0 Å². The van der Waals surface area contributed by atoms with Crippen LogP contribution in [0.15, 0.2) is 0 Å². The van der Waals surface area contributed by atoms with Gasteiger partial charge in [0.1, 0.15) is 6.04 Å². The standard InChI is InChI=1S/C9H16N2O3S/c1-9(2,5-12)4-10-7(13)6-3-15-8(14)11-6/h6,12H,3-5H2,1-2H3,(H,10,13)(H,11,14). The Morgan fingerprint density at radius 1 is 1.73 bits per heavy atom. The van der Waals surface area contributed by atoms with E-state index >= 15 is 0 Å². The maximum absolute atomic E-state index is 11.5. The summed E-state index contributed by atoms with van der Waals surface area (Å²) in [6.45, 7) is 4.13. The second kappa shape index (κ2) is 4.85. The summed E-state index contributed by atoms with van der Waals surface area (Å²) in [4.78, 5) is 22.4. The topological polar surface area (TPSA) is 78.4 Å². The van der Waals surface area contributed by atoms with Crippen LogP contribution in [0.25, 0.3) is 0 Å². The van der Waals surface area contributed by atoms with Crippen LogP contribution >= 0.6 is 11.8 Å². The predicted octanol–water partition coefficient (Wildman–Crippen LogP) is -0.0539. The lowest BCUT2D eigenvalue weighted by Gasteiger charge is -2.22. The molecule has 0 aliphatic carbocycles. The van der Waals surface area contributed by atoms with Crippen LogP contribution in [0.3, 0.4) is 0 Å². The monoisotopic (exact) mass is 232 g/mol. The van der Waals surface area contributed by atoms with Crippen LogP contribution in [-0.2, 0) is 4.79 Å². The van der Waals surface area contributed by atoms with Gasteiger partial charge in [0.2, 0.25) is 5.91 Å². The molecule has 0 aromatic carbocycles. The first kappa shape index (κ1) is 12.3. The van der Waals surface area contributed by atoms with Crippen molar-refractivity contribution in [1.29, 1.82) is 0 Å². The normalized spacial score (nSPS) is 21.3. The molecule has 86 valence electrons. The highest BCUT2D eigenvalue weighted by molar-refractivity contribution is 8.14. The molecular formula is C9H16N2O3S. The number of hydrogen-bond donors (Lipinski definition) is 3. The molecule has 1 saturated heterocycles. The van der Waals surface area contributed by atoms with E-state index in [1.807, 2.05) is 13.8 Å². The molecule has 1 aliphatic heterocycles. The first-order valence-corrected chi connectivity index (χ1v) is 5.75. The number of rotatable bonds is 4. The summed E-state index contributed by atoms with van der Waals surface area (Å²) in [7, 11) is 0. The quantitative estimate of drug-likeness (QED) is 0.635. The Morgan fingerprint density at radius 2 is 2.40 bits per heavy atom. The Morgan fingerprint density at radius 3 is 2.87 bits per heavy atom. The molecule has 1 unspecified atom stereocenters. The van der Waals surface area contributed by atoms with Gasteiger partial charge in [0.25, 0.3) is 5.24 Å². The average molecular weight is 232 g/mol. The Balaban J connectivity index is 2.33. The number of carbonyl (C=O) groups excluding carboxylic acids is 2. The zero-order valence-corrected chi connectivity index (χ0v) is 9.69. The second-order valence-electron chi connectivity index (χ2n) is 4.34. The van der Waals surface area contributed by atoms with Gasteiger partial charge in [-0.2, -0.15) is 0 Å². The van der Waals surface area contributed by atoms with Gasteiger partial charge in [-0.3, -0.25) is 9.59 Å². The van der Waals surface area contributed by atoms with E-state index in [9.17, 15) is 9.59 Å². The van der Waals surface area contributed by atoms with E-state index in [-0.39, 0.29) is 23.2 Å². The van der Waals surface area contributed by atoms with Gasteiger partial charge in [-0.25, -0.2) is 0 Å². The molecule has 5 nitrogen and oxygen atoms in total. The third-order valence-electron chi connectivity index (χ3n) is 2.16. The summed E-state index contributed by atoms with van der Waals surface area (Å²) >= 11 is 1.11. The first-order valence-electron chi connectivity index (χ1n) is 4.76. The number of thioether (sulfide) groups is 1. The fraction of sp³-hybridized carbons (Fsp3) is 0.778. The highest BCUT2D eigenvalue weighted by Gasteiger charge is 2.28. The molecule has 15 heavy (non-hydrogen) atoms. The van der Waals surface area contributed by atoms with Gasteiger partial charge in [0.15, 0.2) is 0 Å². The van der Waals surface area contributed by atoms with E-state index in [2.05, 4.69) is 10.6 Å². The summed E-state index contributed by atoms with van der Waals surface area (Å²) in [6.07, 6.45) is 0. The fourth-order valence-corrected chi connectivity index (χ4v) is 1.81. The van der Waals surface area contributed by atoms with Crippen LogP contribution < -0.4 is 10.6 Å². The van der Waals surface area contributed by atoms with Crippen molar-refractivity contribution in [3.8, 4) is 0 Å². The minimum Gasteiger partial charge on any atom is -0.396 e. The van der Waals surface area contributed by atoms with Crippen LogP contribution in [0.5, 0.6) is 0 Å². The van der Waals surface area contributed by atoms with Crippen molar-refractivity contribution in [3.63, 3.8) is 0 Å². The van der Waals surface area contributed by atoms with E-state index in [0.717, 1.165) is 11.8 Å². The molecule has 1 rings (SSSR count). The van der Waals surface area contributed by atoms with Crippen molar-refractivity contribution in [3.05, 3.63) is 0 Å². The lowest BCUT2D eigenvalue weighted by molar-refractivity contribution is -0.122. The van der Waals surface area contributed by atoms with Crippen LogP contribution in [0, 0.1) is 5.41 Å².